The Labute approximate surface area is 162 Å². The normalized spacial score (nSPS) is 23.8. The molecule has 28 heavy (non-hydrogen) atoms. The maximum Gasteiger partial charge on any atom is 0.254 e. The number of benzene rings is 2. The lowest BCUT2D eigenvalue weighted by atomic mass is 9.85. The minimum Gasteiger partial charge on any atom is -0.333 e. The van der Waals surface area contributed by atoms with E-state index in [1.54, 1.807) is 4.68 Å². The van der Waals surface area contributed by atoms with E-state index in [1.165, 1.54) is 24.0 Å². The van der Waals surface area contributed by atoms with Crippen LogP contribution in [0.15, 0.2) is 54.9 Å². The first-order valence-electron chi connectivity index (χ1n) is 9.60. The number of tetrazole rings is 1. The molecule has 2 fully saturated rings. The number of nitrogens with zero attached hydrogens (tertiary/aromatic N) is 5. The topological polar surface area (TPSA) is 63.9 Å². The van der Waals surface area contributed by atoms with Gasteiger partial charge in [0.2, 0.25) is 0 Å². The summed E-state index contributed by atoms with van der Waals surface area (Å²) in [4.78, 5) is 15.4. The largest absolute Gasteiger partial charge is 0.333 e. The lowest BCUT2D eigenvalue weighted by molar-refractivity contribution is 0.0571. The number of hydrogen-bond donors (Lipinski definition) is 0. The summed E-state index contributed by atoms with van der Waals surface area (Å²) in [5, 5.41) is 11.2. The third-order valence-electron chi connectivity index (χ3n) is 6.02. The van der Waals surface area contributed by atoms with Crippen molar-refractivity contribution >= 4 is 5.91 Å². The zero-order valence-corrected chi connectivity index (χ0v) is 15.3. The molecule has 2 aliphatic heterocycles. The first-order valence-corrected chi connectivity index (χ1v) is 9.60. The first kappa shape index (κ1) is 17.0. The molecule has 3 aromatic rings. The van der Waals surface area contributed by atoms with E-state index in [2.05, 4.69) is 20.4 Å². The van der Waals surface area contributed by atoms with Crippen molar-refractivity contribution in [2.24, 2.45) is 0 Å². The van der Waals surface area contributed by atoms with Crippen molar-refractivity contribution in [3.8, 4) is 5.69 Å². The number of rotatable bonds is 3. The third-order valence-corrected chi connectivity index (χ3v) is 6.02. The molecule has 0 radical (unpaired) electrons. The van der Waals surface area contributed by atoms with E-state index in [0.717, 1.165) is 31.4 Å². The smallest absolute Gasteiger partial charge is 0.254 e. The van der Waals surface area contributed by atoms with Gasteiger partial charge in [-0.1, -0.05) is 18.2 Å². The Morgan fingerprint density at radius 1 is 1.04 bits per heavy atom. The number of fused-ring (bicyclic) bond motifs is 2. The summed E-state index contributed by atoms with van der Waals surface area (Å²) in [7, 11) is 0. The van der Waals surface area contributed by atoms with Crippen molar-refractivity contribution in [1.29, 1.82) is 0 Å². The molecule has 6 nitrogen and oxygen atoms in total. The van der Waals surface area contributed by atoms with E-state index in [1.807, 2.05) is 36.4 Å². The van der Waals surface area contributed by atoms with E-state index in [0.29, 0.717) is 11.5 Å². The summed E-state index contributed by atoms with van der Waals surface area (Å²) in [6, 6.07) is 14.7. The maximum absolute atomic E-state index is 13.3. The zero-order valence-electron chi connectivity index (χ0n) is 15.3. The zero-order chi connectivity index (χ0) is 19.1. The van der Waals surface area contributed by atoms with Crippen molar-refractivity contribution in [1.82, 2.24) is 25.1 Å². The molecule has 7 heteroatoms. The summed E-state index contributed by atoms with van der Waals surface area (Å²) in [5.41, 5.74) is 2.60. The van der Waals surface area contributed by atoms with E-state index in [4.69, 9.17) is 0 Å². The van der Waals surface area contributed by atoms with Gasteiger partial charge in [-0.15, -0.1) is 5.10 Å². The van der Waals surface area contributed by atoms with E-state index in [9.17, 15) is 9.18 Å². The standard InChI is InChI=1S/C21H20FN5O/c22-17-6-4-14(5-7-17)16-11-19-8-9-20(12-16)27(19)21(28)15-2-1-3-18(10-15)26-13-23-24-25-26/h1-7,10,13,16,19-20H,8-9,11-12H2. The number of amides is 1. The summed E-state index contributed by atoms with van der Waals surface area (Å²) in [5.74, 6) is 0.247. The van der Waals surface area contributed by atoms with Gasteiger partial charge in [0.1, 0.15) is 12.1 Å². The highest BCUT2D eigenvalue weighted by Crippen LogP contribution is 2.43. The molecule has 0 spiro atoms. The molecule has 142 valence electrons. The summed E-state index contributed by atoms with van der Waals surface area (Å²) in [6.07, 6.45) is 5.43. The fourth-order valence-electron chi connectivity index (χ4n) is 4.73. The highest BCUT2D eigenvalue weighted by Gasteiger charge is 2.43. The van der Waals surface area contributed by atoms with Crippen LogP contribution in [0.5, 0.6) is 0 Å². The van der Waals surface area contributed by atoms with Crippen LogP contribution in [0.1, 0.15) is 47.5 Å². The lowest BCUT2D eigenvalue weighted by Crippen LogP contribution is -2.46. The average molecular weight is 377 g/mol. The number of hydrogen-bond acceptors (Lipinski definition) is 4. The number of halogens is 1. The van der Waals surface area contributed by atoms with Gasteiger partial charge in [0.15, 0.2) is 0 Å². The Bertz CT molecular complexity index is 974. The summed E-state index contributed by atoms with van der Waals surface area (Å²) >= 11 is 0. The van der Waals surface area contributed by atoms with Crippen LogP contribution in [0.2, 0.25) is 0 Å². The molecule has 2 saturated heterocycles. The van der Waals surface area contributed by atoms with Gasteiger partial charge in [-0.2, -0.15) is 0 Å². The molecule has 3 heterocycles. The molecule has 0 aliphatic carbocycles. The second kappa shape index (κ2) is 6.82. The van der Waals surface area contributed by atoms with Gasteiger partial charge in [-0.3, -0.25) is 4.79 Å². The highest BCUT2D eigenvalue weighted by molar-refractivity contribution is 5.95. The van der Waals surface area contributed by atoms with E-state index >= 15 is 0 Å². The second-order valence-corrected chi connectivity index (χ2v) is 7.62. The fraction of sp³-hybridized carbons (Fsp3) is 0.333. The Morgan fingerprint density at radius 2 is 1.79 bits per heavy atom. The number of carbonyl (C=O) groups excluding carboxylic acids is 1. The number of piperidine rings is 1. The highest BCUT2D eigenvalue weighted by atomic mass is 19.1. The predicted molar refractivity (Wildman–Crippen MR) is 101 cm³/mol. The van der Waals surface area contributed by atoms with Crippen molar-refractivity contribution in [3.63, 3.8) is 0 Å². The van der Waals surface area contributed by atoms with Gasteiger partial charge >= 0.3 is 0 Å². The molecule has 0 saturated carbocycles. The van der Waals surface area contributed by atoms with Gasteiger partial charge in [0.25, 0.3) is 5.91 Å². The van der Waals surface area contributed by atoms with Crippen molar-refractivity contribution in [2.75, 3.05) is 0 Å². The third kappa shape index (κ3) is 2.96. The molecule has 5 rings (SSSR count). The van der Waals surface area contributed by atoms with Crippen molar-refractivity contribution in [2.45, 2.75) is 43.7 Å². The Morgan fingerprint density at radius 3 is 2.46 bits per heavy atom. The van der Waals surface area contributed by atoms with Gasteiger partial charge in [0, 0.05) is 17.6 Å². The van der Waals surface area contributed by atoms with Gasteiger partial charge in [-0.25, -0.2) is 9.07 Å². The van der Waals surface area contributed by atoms with Gasteiger partial charge in [-0.05, 0) is 77.9 Å². The maximum atomic E-state index is 13.3. The Balaban J connectivity index is 1.37. The molecule has 0 N–H and O–H groups in total. The predicted octanol–water partition coefficient (Wildman–Crippen LogP) is 3.35. The molecule has 1 amide bonds. The van der Waals surface area contributed by atoms with Crippen molar-refractivity contribution in [3.05, 3.63) is 71.8 Å². The average Bonchev–Trinajstić information content (AvgIpc) is 3.35. The Kier molecular flexibility index (Phi) is 4.15. The molecule has 2 atom stereocenters. The summed E-state index contributed by atoms with van der Waals surface area (Å²) < 4.78 is 14.8. The SMILES string of the molecule is O=C(c1cccc(-n2cnnn2)c1)N1C2CCC1CC(c1ccc(F)cc1)C2. The van der Waals surface area contributed by atoms with E-state index < -0.39 is 0 Å². The molecule has 2 aromatic carbocycles. The second-order valence-electron chi connectivity index (χ2n) is 7.62. The van der Waals surface area contributed by atoms with E-state index in [-0.39, 0.29) is 23.8 Å². The van der Waals surface area contributed by atoms with Crippen LogP contribution in [-0.2, 0) is 0 Å². The minimum atomic E-state index is -0.207. The molecule has 1 aromatic heterocycles. The molecule has 2 aliphatic rings. The molecule has 2 unspecified atom stereocenters. The van der Waals surface area contributed by atoms with Crippen LogP contribution in [0.4, 0.5) is 4.39 Å². The van der Waals surface area contributed by atoms with Crippen LogP contribution in [0, 0.1) is 5.82 Å². The quantitative estimate of drug-likeness (QED) is 0.702. The van der Waals surface area contributed by atoms with Gasteiger partial charge < -0.3 is 4.90 Å². The monoisotopic (exact) mass is 377 g/mol. The van der Waals surface area contributed by atoms with Crippen LogP contribution in [-0.4, -0.2) is 43.1 Å². The van der Waals surface area contributed by atoms with Gasteiger partial charge in [0.05, 0.1) is 5.69 Å². The number of aromatic nitrogens is 4. The molecular weight excluding hydrogens is 357 g/mol. The lowest BCUT2D eigenvalue weighted by Gasteiger charge is -2.39. The fourth-order valence-corrected chi connectivity index (χ4v) is 4.73. The molecule has 2 bridgehead atoms. The van der Waals surface area contributed by atoms with Crippen LogP contribution in [0.25, 0.3) is 5.69 Å². The number of carbonyl (C=O) groups is 1. The first-order chi connectivity index (χ1) is 13.7. The minimum absolute atomic E-state index is 0.0694. The Hall–Kier alpha value is -3.09. The molecular formula is C21H20FN5O. The van der Waals surface area contributed by atoms with Crippen LogP contribution in [0.3, 0.4) is 0 Å². The van der Waals surface area contributed by atoms with Crippen LogP contribution >= 0.6 is 0 Å². The van der Waals surface area contributed by atoms with Crippen molar-refractivity contribution < 1.29 is 9.18 Å². The van der Waals surface area contributed by atoms with Crippen LogP contribution < -0.4 is 0 Å². The summed E-state index contributed by atoms with van der Waals surface area (Å²) in [6.45, 7) is 0.